The summed E-state index contributed by atoms with van der Waals surface area (Å²) in [6.07, 6.45) is 6.92. The highest BCUT2D eigenvalue weighted by Gasteiger charge is 2.31. The lowest BCUT2D eigenvalue weighted by molar-refractivity contribution is 0.0810. The van der Waals surface area contributed by atoms with Crippen LogP contribution in [0.4, 0.5) is 0 Å². The first-order valence-electron chi connectivity index (χ1n) is 7.95. The molecular weight excluding hydrogens is 264 g/mol. The molecule has 3 rings (SSSR count). The Kier molecular flexibility index (Phi) is 4.51. The minimum absolute atomic E-state index is 0.331. The standard InChI is InChI=1S/C16H24N4O/c17-19-16(21)15-7-3-6-14(18-15)11-20-9-8-12-4-1-2-5-13(12)10-20/h3,6-7,12-13H,1-2,4-5,8-11,17H2,(H,19,21). The molecule has 1 aliphatic carbocycles. The van der Waals surface area contributed by atoms with E-state index < -0.39 is 0 Å². The molecule has 2 fully saturated rings. The van der Waals surface area contributed by atoms with Crippen LogP contribution in [0.15, 0.2) is 18.2 Å². The molecular formula is C16H24N4O. The van der Waals surface area contributed by atoms with Crippen molar-refractivity contribution < 1.29 is 4.79 Å². The number of carbonyl (C=O) groups is 1. The third-order valence-electron chi connectivity index (χ3n) is 4.93. The van der Waals surface area contributed by atoms with Crippen molar-refractivity contribution in [2.75, 3.05) is 13.1 Å². The van der Waals surface area contributed by atoms with Crippen molar-refractivity contribution in [3.63, 3.8) is 0 Å². The number of amides is 1. The van der Waals surface area contributed by atoms with E-state index in [1.807, 2.05) is 12.1 Å². The molecule has 3 N–H and O–H groups in total. The molecule has 1 amide bonds. The number of fused-ring (bicyclic) bond motifs is 1. The number of rotatable bonds is 3. The fourth-order valence-corrected chi connectivity index (χ4v) is 3.82. The van der Waals surface area contributed by atoms with Crippen molar-refractivity contribution in [1.29, 1.82) is 0 Å². The molecule has 21 heavy (non-hydrogen) atoms. The number of nitrogens with zero attached hydrogens (tertiary/aromatic N) is 2. The molecule has 1 saturated heterocycles. The van der Waals surface area contributed by atoms with Crippen LogP contribution in [0.25, 0.3) is 0 Å². The summed E-state index contributed by atoms with van der Waals surface area (Å²) < 4.78 is 0. The zero-order valence-electron chi connectivity index (χ0n) is 12.4. The fraction of sp³-hybridized carbons (Fsp3) is 0.625. The number of nitrogens with two attached hydrogens (primary N) is 1. The Balaban J connectivity index is 1.62. The summed E-state index contributed by atoms with van der Waals surface area (Å²) in [5.41, 5.74) is 3.47. The van der Waals surface area contributed by atoms with Crippen LogP contribution >= 0.6 is 0 Å². The molecule has 0 bridgehead atoms. The summed E-state index contributed by atoms with van der Waals surface area (Å²) in [4.78, 5) is 18.4. The van der Waals surface area contributed by atoms with Crippen molar-refractivity contribution in [3.8, 4) is 0 Å². The van der Waals surface area contributed by atoms with Gasteiger partial charge < -0.3 is 0 Å². The average Bonchev–Trinajstić information content (AvgIpc) is 2.54. The summed E-state index contributed by atoms with van der Waals surface area (Å²) >= 11 is 0. The van der Waals surface area contributed by atoms with Gasteiger partial charge >= 0.3 is 0 Å². The molecule has 0 radical (unpaired) electrons. The largest absolute Gasteiger partial charge is 0.297 e. The highest BCUT2D eigenvalue weighted by molar-refractivity contribution is 5.91. The van der Waals surface area contributed by atoms with Gasteiger partial charge in [0.05, 0.1) is 5.69 Å². The van der Waals surface area contributed by atoms with Gasteiger partial charge in [-0.3, -0.25) is 15.1 Å². The maximum Gasteiger partial charge on any atom is 0.283 e. The van der Waals surface area contributed by atoms with Gasteiger partial charge in [-0.25, -0.2) is 10.8 Å². The number of likely N-dealkylation sites (tertiary alicyclic amines) is 1. The molecule has 2 unspecified atom stereocenters. The lowest BCUT2D eigenvalue weighted by Crippen LogP contribution is -2.41. The van der Waals surface area contributed by atoms with E-state index in [0.29, 0.717) is 5.69 Å². The normalized spacial score (nSPS) is 26.1. The first kappa shape index (κ1) is 14.5. The van der Waals surface area contributed by atoms with Crippen LogP contribution in [0, 0.1) is 11.8 Å². The van der Waals surface area contributed by atoms with Crippen molar-refractivity contribution in [2.24, 2.45) is 17.7 Å². The molecule has 2 atom stereocenters. The third-order valence-corrected chi connectivity index (χ3v) is 4.93. The van der Waals surface area contributed by atoms with E-state index in [2.05, 4.69) is 15.3 Å². The van der Waals surface area contributed by atoms with Gasteiger partial charge in [0, 0.05) is 13.1 Å². The smallest absolute Gasteiger partial charge is 0.283 e. The minimum atomic E-state index is -0.331. The maximum atomic E-state index is 11.5. The highest BCUT2D eigenvalue weighted by atomic mass is 16.2. The predicted molar refractivity (Wildman–Crippen MR) is 81.2 cm³/mol. The van der Waals surface area contributed by atoms with Gasteiger partial charge in [0.2, 0.25) is 0 Å². The van der Waals surface area contributed by atoms with Crippen molar-refractivity contribution in [3.05, 3.63) is 29.6 Å². The Morgan fingerprint density at radius 2 is 2.10 bits per heavy atom. The highest BCUT2D eigenvalue weighted by Crippen LogP contribution is 2.36. The summed E-state index contributed by atoms with van der Waals surface area (Å²) in [6.45, 7) is 3.16. The van der Waals surface area contributed by atoms with Crippen LogP contribution in [0.3, 0.4) is 0 Å². The third kappa shape index (κ3) is 3.41. The molecule has 114 valence electrons. The van der Waals surface area contributed by atoms with E-state index >= 15 is 0 Å². The minimum Gasteiger partial charge on any atom is -0.297 e. The Bertz CT molecular complexity index is 505. The molecule has 1 aromatic heterocycles. The summed E-state index contributed by atoms with van der Waals surface area (Å²) in [5, 5.41) is 0. The van der Waals surface area contributed by atoms with Crippen LogP contribution in [0.5, 0.6) is 0 Å². The lowest BCUT2D eigenvalue weighted by atomic mass is 9.75. The molecule has 1 saturated carbocycles. The number of nitrogens with one attached hydrogen (secondary N) is 1. The van der Waals surface area contributed by atoms with Gasteiger partial charge in [0.1, 0.15) is 5.69 Å². The van der Waals surface area contributed by atoms with Gasteiger partial charge in [-0.2, -0.15) is 0 Å². The van der Waals surface area contributed by atoms with Crippen molar-refractivity contribution in [1.82, 2.24) is 15.3 Å². The SMILES string of the molecule is NNC(=O)c1cccc(CN2CCC3CCCCC3C2)n1. The Morgan fingerprint density at radius 1 is 1.29 bits per heavy atom. The molecule has 0 spiro atoms. The Morgan fingerprint density at radius 3 is 2.90 bits per heavy atom. The van der Waals surface area contributed by atoms with Crippen molar-refractivity contribution >= 4 is 5.91 Å². The van der Waals surface area contributed by atoms with E-state index in [1.165, 1.54) is 38.6 Å². The number of nitrogen functional groups attached to an aromatic ring is 1. The number of hydrogen-bond acceptors (Lipinski definition) is 4. The second kappa shape index (κ2) is 6.54. The summed E-state index contributed by atoms with van der Waals surface area (Å²) in [6, 6.07) is 5.56. The zero-order chi connectivity index (χ0) is 14.7. The topological polar surface area (TPSA) is 71.2 Å². The first-order chi connectivity index (χ1) is 10.3. The van der Waals surface area contributed by atoms with E-state index in [9.17, 15) is 4.79 Å². The first-order valence-corrected chi connectivity index (χ1v) is 7.95. The average molecular weight is 288 g/mol. The number of hydrogen-bond donors (Lipinski definition) is 2. The summed E-state index contributed by atoms with van der Waals surface area (Å²) in [7, 11) is 0. The van der Waals surface area contributed by atoms with Gasteiger partial charge in [-0.1, -0.05) is 25.3 Å². The second-order valence-electron chi connectivity index (χ2n) is 6.32. The van der Waals surface area contributed by atoms with Crippen molar-refractivity contribution in [2.45, 2.75) is 38.6 Å². The molecule has 1 aromatic rings. The molecule has 5 heteroatoms. The maximum absolute atomic E-state index is 11.5. The molecule has 5 nitrogen and oxygen atoms in total. The molecule has 2 aliphatic rings. The fourth-order valence-electron chi connectivity index (χ4n) is 3.82. The van der Waals surface area contributed by atoms with Gasteiger partial charge in [0.25, 0.3) is 5.91 Å². The van der Waals surface area contributed by atoms with Crippen LogP contribution in [0.1, 0.15) is 48.3 Å². The van der Waals surface area contributed by atoms with Gasteiger partial charge in [-0.15, -0.1) is 0 Å². The van der Waals surface area contributed by atoms with E-state index in [1.54, 1.807) is 6.07 Å². The van der Waals surface area contributed by atoms with Crippen LogP contribution in [-0.4, -0.2) is 28.9 Å². The van der Waals surface area contributed by atoms with Crippen LogP contribution in [-0.2, 0) is 6.54 Å². The van der Waals surface area contributed by atoms with Crippen LogP contribution in [0.2, 0.25) is 0 Å². The second-order valence-corrected chi connectivity index (χ2v) is 6.32. The molecule has 0 aromatic carbocycles. The number of carbonyl (C=O) groups excluding carboxylic acids is 1. The molecule has 1 aliphatic heterocycles. The number of aromatic nitrogens is 1. The zero-order valence-corrected chi connectivity index (χ0v) is 12.4. The van der Waals surface area contributed by atoms with E-state index in [0.717, 1.165) is 30.6 Å². The van der Waals surface area contributed by atoms with E-state index in [-0.39, 0.29) is 5.91 Å². The quantitative estimate of drug-likeness (QED) is 0.504. The predicted octanol–water partition coefficient (Wildman–Crippen LogP) is 1.70. The van der Waals surface area contributed by atoms with Gasteiger partial charge in [0.15, 0.2) is 0 Å². The Labute approximate surface area is 125 Å². The monoisotopic (exact) mass is 288 g/mol. The van der Waals surface area contributed by atoms with Gasteiger partial charge in [-0.05, 0) is 43.4 Å². The molecule has 2 heterocycles. The number of piperidine rings is 1. The summed E-state index contributed by atoms with van der Waals surface area (Å²) in [5.74, 6) is 6.64. The lowest BCUT2D eigenvalue weighted by Gasteiger charge is -2.41. The number of hydrazine groups is 1. The Hall–Kier alpha value is -1.46. The van der Waals surface area contributed by atoms with E-state index in [4.69, 9.17) is 5.84 Å². The van der Waals surface area contributed by atoms with Crippen LogP contribution < -0.4 is 11.3 Å². The number of pyridine rings is 1.